The van der Waals surface area contributed by atoms with E-state index in [4.69, 9.17) is 14.6 Å². The number of amides is 1. The Morgan fingerprint density at radius 2 is 2.08 bits per heavy atom. The van der Waals surface area contributed by atoms with Crippen LogP contribution in [-0.4, -0.2) is 70.4 Å². The Morgan fingerprint density at radius 1 is 1.36 bits per heavy atom. The van der Waals surface area contributed by atoms with Crippen LogP contribution in [-0.2, 0) is 16.1 Å². The monoisotopic (exact) mass is 503 g/mol. The second kappa shape index (κ2) is 10.2. The second-order valence-corrected chi connectivity index (χ2v) is 8.94. The van der Waals surface area contributed by atoms with E-state index < -0.39 is 12.1 Å². The Hall–Kier alpha value is -3.56. The molecule has 190 valence electrons. The van der Waals surface area contributed by atoms with E-state index in [-0.39, 0.29) is 18.0 Å². The molecule has 3 aliphatic rings. The third-order valence-corrected chi connectivity index (χ3v) is 6.36. The molecule has 1 aromatic heterocycles. The van der Waals surface area contributed by atoms with E-state index >= 15 is 0 Å². The van der Waals surface area contributed by atoms with Crippen molar-refractivity contribution in [2.45, 2.75) is 50.0 Å². The third kappa shape index (κ3) is 5.47. The molecule has 2 atom stereocenters. The number of carboxylic acids is 1. The highest BCUT2D eigenvalue weighted by Gasteiger charge is 2.39. The maximum atomic E-state index is 13.1. The fourth-order valence-corrected chi connectivity index (χ4v) is 4.46. The summed E-state index contributed by atoms with van der Waals surface area (Å²) in [5, 5.41) is 19.8. The molecule has 9 nitrogen and oxygen atoms in total. The van der Waals surface area contributed by atoms with Crippen molar-refractivity contribution in [2.75, 3.05) is 20.3 Å². The van der Waals surface area contributed by atoms with Crippen molar-refractivity contribution in [2.24, 2.45) is 0 Å². The SMILES string of the molecule is COC[C@@H]1C[C@@H](N2Cc3cnc(-c4cc(C#N)ccc4C4CC4)nc3C2=O)CN1.O=C(O)C(F)(F)F. The molecule has 3 heterocycles. The van der Waals surface area contributed by atoms with Crippen molar-refractivity contribution in [3.63, 3.8) is 0 Å². The van der Waals surface area contributed by atoms with Crippen LogP contribution < -0.4 is 5.32 Å². The van der Waals surface area contributed by atoms with Gasteiger partial charge in [-0.2, -0.15) is 18.4 Å². The minimum Gasteiger partial charge on any atom is -0.475 e. The van der Waals surface area contributed by atoms with Gasteiger partial charge in [0.25, 0.3) is 5.91 Å². The summed E-state index contributed by atoms with van der Waals surface area (Å²) in [5.41, 5.74) is 4.01. The van der Waals surface area contributed by atoms with Crippen LogP contribution in [0.3, 0.4) is 0 Å². The molecule has 5 rings (SSSR count). The maximum absolute atomic E-state index is 13.1. The minimum absolute atomic E-state index is 0.0297. The van der Waals surface area contributed by atoms with Crippen LogP contribution in [0.25, 0.3) is 11.4 Å². The number of methoxy groups -OCH3 is 1. The normalized spacial score (nSPS) is 21.0. The van der Waals surface area contributed by atoms with Crippen LogP contribution in [0.4, 0.5) is 13.2 Å². The first-order valence-corrected chi connectivity index (χ1v) is 11.4. The van der Waals surface area contributed by atoms with Crippen molar-refractivity contribution >= 4 is 11.9 Å². The zero-order valence-electron chi connectivity index (χ0n) is 19.4. The highest BCUT2D eigenvalue weighted by Crippen LogP contribution is 2.44. The highest BCUT2D eigenvalue weighted by molar-refractivity contribution is 5.97. The lowest BCUT2D eigenvalue weighted by molar-refractivity contribution is -0.192. The van der Waals surface area contributed by atoms with Crippen LogP contribution in [0.15, 0.2) is 24.4 Å². The Kier molecular flexibility index (Phi) is 7.23. The summed E-state index contributed by atoms with van der Waals surface area (Å²) in [6.07, 6.45) is -0.133. The van der Waals surface area contributed by atoms with Gasteiger partial charge in [-0.15, -0.1) is 0 Å². The summed E-state index contributed by atoms with van der Waals surface area (Å²) in [6.45, 7) is 1.97. The molecule has 0 bridgehead atoms. The third-order valence-electron chi connectivity index (χ3n) is 6.36. The van der Waals surface area contributed by atoms with Crippen molar-refractivity contribution in [3.8, 4) is 17.5 Å². The summed E-state index contributed by atoms with van der Waals surface area (Å²) in [6, 6.07) is 8.32. The number of halogens is 3. The zero-order valence-corrected chi connectivity index (χ0v) is 19.4. The second-order valence-electron chi connectivity index (χ2n) is 8.94. The molecule has 2 aromatic rings. The summed E-state index contributed by atoms with van der Waals surface area (Å²) in [4.78, 5) is 33.2. The predicted octanol–water partition coefficient (Wildman–Crippen LogP) is 2.86. The number of carbonyl (C=O) groups is 2. The molecule has 0 spiro atoms. The number of aliphatic carboxylic acids is 1. The van der Waals surface area contributed by atoms with E-state index in [1.807, 2.05) is 23.1 Å². The summed E-state index contributed by atoms with van der Waals surface area (Å²) < 4.78 is 37.0. The Morgan fingerprint density at radius 3 is 2.69 bits per heavy atom. The number of carbonyl (C=O) groups excluding carboxylic acids is 1. The van der Waals surface area contributed by atoms with Gasteiger partial charge in [0, 0.05) is 43.1 Å². The molecular weight excluding hydrogens is 479 g/mol. The van der Waals surface area contributed by atoms with Crippen molar-refractivity contribution in [1.29, 1.82) is 5.26 Å². The van der Waals surface area contributed by atoms with Gasteiger partial charge in [0.05, 0.1) is 24.8 Å². The lowest BCUT2D eigenvalue weighted by Crippen LogP contribution is -2.37. The van der Waals surface area contributed by atoms with Crippen LogP contribution in [0.2, 0.25) is 0 Å². The van der Waals surface area contributed by atoms with Crippen molar-refractivity contribution < 1.29 is 32.6 Å². The van der Waals surface area contributed by atoms with E-state index in [1.54, 1.807) is 13.3 Å². The summed E-state index contributed by atoms with van der Waals surface area (Å²) >= 11 is 0. The molecule has 1 aromatic carbocycles. The molecule has 12 heteroatoms. The molecule has 2 fully saturated rings. The molecule has 0 radical (unpaired) electrons. The number of alkyl halides is 3. The molecule has 1 saturated heterocycles. The van der Waals surface area contributed by atoms with E-state index in [0.717, 1.165) is 36.9 Å². The van der Waals surface area contributed by atoms with Crippen LogP contribution in [0.5, 0.6) is 0 Å². The molecule has 36 heavy (non-hydrogen) atoms. The standard InChI is InChI=1S/C22H23N5O2.C2HF3O2/c1-29-12-16-7-17(10-24-16)27-11-15-9-25-21(26-20(15)22(27)28)19-6-13(8-23)2-5-18(19)14-3-4-14;3-2(4,5)1(6)7/h2,5-6,9,14,16-17,24H,3-4,7,10-12H2,1H3;(H,6,7)/t16-,17+;/m0./s1. The van der Waals surface area contributed by atoms with Crippen molar-refractivity contribution in [3.05, 3.63) is 46.8 Å². The van der Waals surface area contributed by atoms with E-state index in [9.17, 15) is 23.2 Å². The van der Waals surface area contributed by atoms with Crippen LogP contribution >= 0.6 is 0 Å². The lowest BCUT2D eigenvalue weighted by Gasteiger charge is -2.22. The van der Waals surface area contributed by atoms with Gasteiger partial charge in [-0.25, -0.2) is 14.8 Å². The number of fused-ring (bicyclic) bond motifs is 1. The molecule has 1 aliphatic carbocycles. The number of hydrogen-bond donors (Lipinski definition) is 2. The molecule has 2 aliphatic heterocycles. The van der Waals surface area contributed by atoms with Gasteiger partial charge in [0.15, 0.2) is 5.82 Å². The summed E-state index contributed by atoms with van der Waals surface area (Å²) in [7, 11) is 1.69. The maximum Gasteiger partial charge on any atom is 0.490 e. The van der Waals surface area contributed by atoms with Gasteiger partial charge in [-0.05, 0) is 42.9 Å². The van der Waals surface area contributed by atoms with Crippen LogP contribution in [0.1, 0.15) is 52.4 Å². The smallest absolute Gasteiger partial charge is 0.475 e. The average molecular weight is 503 g/mol. The van der Waals surface area contributed by atoms with Crippen LogP contribution in [0, 0.1) is 11.3 Å². The van der Waals surface area contributed by atoms with Gasteiger partial charge in [0.1, 0.15) is 5.69 Å². The zero-order chi connectivity index (χ0) is 26.0. The summed E-state index contributed by atoms with van der Waals surface area (Å²) in [5.74, 6) is -1.74. The first-order chi connectivity index (χ1) is 17.1. The van der Waals surface area contributed by atoms with Gasteiger partial charge in [-0.3, -0.25) is 4.79 Å². The molecule has 1 amide bonds. The van der Waals surface area contributed by atoms with Crippen molar-refractivity contribution in [1.82, 2.24) is 20.2 Å². The molecular formula is C24H24F3N5O4. The van der Waals surface area contributed by atoms with E-state index in [2.05, 4.69) is 21.4 Å². The Bertz CT molecular complexity index is 1210. The molecule has 2 N–H and O–H groups in total. The van der Waals surface area contributed by atoms with Gasteiger partial charge < -0.3 is 20.1 Å². The molecule has 1 saturated carbocycles. The number of nitrogens with zero attached hydrogens (tertiary/aromatic N) is 4. The van der Waals surface area contributed by atoms with Gasteiger partial charge in [0.2, 0.25) is 0 Å². The first-order valence-electron chi connectivity index (χ1n) is 11.4. The number of hydrogen-bond acceptors (Lipinski definition) is 7. The van der Waals surface area contributed by atoms with Gasteiger partial charge in [-0.1, -0.05) is 6.07 Å². The van der Waals surface area contributed by atoms with E-state index in [0.29, 0.717) is 36.2 Å². The van der Waals surface area contributed by atoms with E-state index in [1.165, 1.54) is 5.56 Å². The fraction of sp³-hybridized carbons (Fsp3) is 0.458. The quantitative estimate of drug-likeness (QED) is 0.638. The number of ether oxygens (including phenoxy) is 1. The Labute approximate surface area is 204 Å². The average Bonchev–Trinajstić information content (AvgIpc) is 3.51. The Balaban J connectivity index is 0.000000384. The van der Waals surface area contributed by atoms with Gasteiger partial charge >= 0.3 is 12.1 Å². The first kappa shape index (κ1) is 25.5. The number of carboxylic acid groups (broad SMARTS) is 1. The molecule has 0 unspecified atom stereocenters. The predicted molar refractivity (Wildman–Crippen MR) is 120 cm³/mol. The highest BCUT2D eigenvalue weighted by atomic mass is 19.4. The lowest BCUT2D eigenvalue weighted by atomic mass is 10.00. The fourth-order valence-electron chi connectivity index (χ4n) is 4.46. The minimum atomic E-state index is -5.08. The number of nitriles is 1. The largest absolute Gasteiger partial charge is 0.490 e. The number of nitrogens with one attached hydrogen (secondary N) is 1. The number of rotatable bonds is 5. The number of benzene rings is 1. The topological polar surface area (TPSA) is 128 Å². The number of aromatic nitrogens is 2.